The number of anilines is 1. The fourth-order valence-electron chi connectivity index (χ4n) is 1.88. The summed E-state index contributed by atoms with van der Waals surface area (Å²) in [4.78, 5) is 0. The molecule has 0 aliphatic carbocycles. The van der Waals surface area contributed by atoms with Crippen LogP contribution >= 0.6 is 0 Å². The molecular weight excluding hydrogens is 300 g/mol. The van der Waals surface area contributed by atoms with E-state index in [4.69, 9.17) is 4.18 Å². The molecule has 0 saturated heterocycles. The van der Waals surface area contributed by atoms with Gasteiger partial charge in [-0.2, -0.15) is 4.21 Å². The second-order valence-electron chi connectivity index (χ2n) is 4.50. The number of rotatable bonds is 5. The van der Waals surface area contributed by atoms with E-state index in [9.17, 15) is 4.21 Å². The molecule has 0 amide bonds. The molecule has 0 radical (unpaired) electrons. The Balaban J connectivity index is 1.78. The first kappa shape index (κ1) is 14.3. The average molecular weight is 314 g/mol. The van der Waals surface area contributed by atoms with Crippen molar-refractivity contribution in [3.63, 3.8) is 0 Å². The first-order valence-corrected chi connectivity index (χ1v) is 7.61. The molecule has 0 aliphatic heterocycles. The van der Waals surface area contributed by atoms with Crippen LogP contribution in [0.25, 0.3) is 5.69 Å². The van der Waals surface area contributed by atoms with E-state index in [2.05, 4.69) is 10.2 Å². The third kappa shape index (κ3) is 3.15. The summed E-state index contributed by atoms with van der Waals surface area (Å²) in [5, 5.41) is 7.56. The van der Waals surface area contributed by atoms with Gasteiger partial charge in [0, 0.05) is 7.05 Å². The third-order valence-corrected chi connectivity index (χ3v) is 4.04. The standard InChI is InChI=1S/C15H14N4O2S/c1-18(22(20)21-15-8-3-2-4-9-15)13-6-5-7-14(10-13)19-11-16-17-12-19/h2-12H,1H3. The molecular formula is C15H14N4O2S. The van der Waals surface area contributed by atoms with Crippen molar-refractivity contribution in [3.8, 4) is 11.4 Å². The van der Waals surface area contributed by atoms with Crippen molar-refractivity contribution < 1.29 is 8.39 Å². The predicted octanol–water partition coefficient (Wildman–Crippen LogP) is 2.36. The zero-order chi connectivity index (χ0) is 15.4. The minimum Gasteiger partial charge on any atom is -0.385 e. The van der Waals surface area contributed by atoms with Gasteiger partial charge < -0.3 is 4.18 Å². The fraction of sp³-hybridized carbons (Fsp3) is 0.0667. The van der Waals surface area contributed by atoms with Crippen molar-refractivity contribution in [3.05, 3.63) is 67.3 Å². The molecule has 7 heteroatoms. The first-order valence-electron chi connectivity index (χ1n) is 6.58. The maximum atomic E-state index is 12.3. The Morgan fingerprint density at radius 1 is 1.05 bits per heavy atom. The Kier molecular flexibility index (Phi) is 4.15. The lowest BCUT2D eigenvalue weighted by atomic mass is 10.3. The first-order chi connectivity index (χ1) is 10.7. The maximum Gasteiger partial charge on any atom is 0.318 e. The van der Waals surface area contributed by atoms with E-state index < -0.39 is 11.3 Å². The van der Waals surface area contributed by atoms with Crippen LogP contribution in [0.4, 0.5) is 5.69 Å². The van der Waals surface area contributed by atoms with Crippen LogP contribution in [0.3, 0.4) is 0 Å². The van der Waals surface area contributed by atoms with Crippen LogP contribution in [0, 0.1) is 0 Å². The second-order valence-corrected chi connectivity index (χ2v) is 5.65. The minimum absolute atomic E-state index is 0.558. The van der Waals surface area contributed by atoms with Crippen molar-refractivity contribution in [2.45, 2.75) is 0 Å². The molecule has 1 aromatic heterocycles. The van der Waals surface area contributed by atoms with Crippen LogP contribution in [0.5, 0.6) is 5.75 Å². The normalized spacial score (nSPS) is 11.9. The molecule has 2 aromatic carbocycles. The van der Waals surface area contributed by atoms with Crippen molar-refractivity contribution >= 4 is 17.0 Å². The Hall–Kier alpha value is -2.67. The van der Waals surface area contributed by atoms with Gasteiger partial charge in [-0.3, -0.25) is 8.87 Å². The fourth-order valence-corrected chi connectivity index (χ4v) is 2.56. The molecule has 0 bridgehead atoms. The smallest absolute Gasteiger partial charge is 0.318 e. The third-order valence-electron chi connectivity index (χ3n) is 3.04. The van der Waals surface area contributed by atoms with Gasteiger partial charge in [-0.15, -0.1) is 10.2 Å². The van der Waals surface area contributed by atoms with Crippen LogP contribution in [-0.2, 0) is 11.3 Å². The van der Waals surface area contributed by atoms with E-state index >= 15 is 0 Å². The summed E-state index contributed by atoms with van der Waals surface area (Å²) < 4.78 is 21.1. The van der Waals surface area contributed by atoms with E-state index in [0.29, 0.717) is 5.75 Å². The molecule has 0 N–H and O–H groups in total. The van der Waals surface area contributed by atoms with E-state index in [0.717, 1.165) is 11.4 Å². The summed E-state index contributed by atoms with van der Waals surface area (Å²) >= 11 is -1.63. The summed E-state index contributed by atoms with van der Waals surface area (Å²) in [6, 6.07) is 16.6. The van der Waals surface area contributed by atoms with Crippen LogP contribution in [0.2, 0.25) is 0 Å². The van der Waals surface area contributed by atoms with E-state index in [1.54, 1.807) is 40.7 Å². The molecule has 1 unspecified atom stereocenters. The van der Waals surface area contributed by atoms with Gasteiger partial charge in [-0.1, -0.05) is 24.3 Å². The molecule has 0 aliphatic rings. The molecule has 3 rings (SSSR count). The van der Waals surface area contributed by atoms with Crippen LogP contribution in [0.15, 0.2) is 67.3 Å². The Bertz CT molecular complexity index is 762. The number of hydrogen-bond donors (Lipinski definition) is 0. The highest BCUT2D eigenvalue weighted by Crippen LogP contribution is 2.20. The van der Waals surface area contributed by atoms with Crippen molar-refractivity contribution in [2.75, 3.05) is 11.4 Å². The van der Waals surface area contributed by atoms with Gasteiger partial charge in [0.25, 0.3) is 0 Å². The van der Waals surface area contributed by atoms with Crippen LogP contribution in [0.1, 0.15) is 0 Å². The molecule has 0 fully saturated rings. The molecule has 6 nitrogen and oxygen atoms in total. The number of hydrogen-bond acceptors (Lipinski definition) is 4. The Labute approximate surface area is 130 Å². The molecule has 0 spiro atoms. The summed E-state index contributed by atoms with van der Waals surface area (Å²) in [5.74, 6) is 0.558. The van der Waals surface area contributed by atoms with Gasteiger partial charge in [-0.25, -0.2) is 0 Å². The monoisotopic (exact) mass is 314 g/mol. The molecule has 112 valence electrons. The Morgan fingerprint density at radius 2 is 1.77 bits per heavy atom. The van der Waals surface area contributed by atoms with Gasteiger partial charge in [0.15, 0.2) is 0 Å². The predicted molar refractivity (Wildman–Crippen MR) is 85.0 cm³/mol. The maximum absolute atomic E-state index is 12.3. The topological polar surface area (TPSA) is 60.2 Å². The summed E-state index contributed by atoms with van der Waals surface area (Å²) in [6.07, 6.45) is 3.22. The number of benzene rings is 2. The molecule has 22 heavy (non-hydrogen) atoms. The summed E-state index contributed by atoms with van der Waals surface area (Å²) in [5.41, 5.74) is 1.64. The molecule has 1 heterocycles. The minimum atomic E-state index is -1.63. The molecule has 3 aromatic rings. The van der Waals surface area contributed by atoms with Gasteiger partial charge in [-0.05, 0) is 30.3 Å². The lowest BCUT2D eigenvalue weighted by Crippen LogP contribution is -2.24. The molecule has 0 saturated carbocycles. The lowest BCUT2D eigenvalue weighted by molar-refractivity contribution is 0.560. The van der Waals surface area contributed by atoms with Gasteiger partial charge >= 0.3 is 11.3 Å². The van der Waals surface area contributed by atoms with Crippen molar-refractivity contribution in [2.24, 2.45) is 0 Å². The van der Waals surface area contributed by atoms with Gasteiger partial charge in [0.1, 0.15) is 18.4 Å². The van der Waals surface area contributed by atoms with E-state index in [-0.39, 0.29) is 0 Å². The quantitative estimate of drug-likeness (QED) is 0.725. The lowest BCUT2D eigenvalue weighted by Gasteiger charge is -2.18. The van der Waals surface area contributed by atoms with Crippen molar-refractivity contribution in [1.29, 1.82) is 0 Å². The van der Waals surface area contributed by atoms with Crippen molar-refractivity contribution in [1.82, 2.24) is 14.8 Å². The highest BCUT2D eigenvalue weighted by molar-refractivity contribution is 7.82. The average Bonchev–Trinajstić information content (AvgIpc) is 3.10. The van der Waals surface area contributed by atoms with E-state index in [1.165, 1.54) is 0 Å². The highest BCUT2D eigenvalue weighted by atomic mass is 32.2. The second kappa shape index (κ2) is 6.40. The zero-order valence-electron chi connectivity index (χ0n) is 11.9. The SMILES string of the molecule is CN(c1cccc(-n2cnnc2)c1)S(=O)Oc1ccccc1. The Morgan fingerprint density at radius 3 is 2.50 bits per heavy atom. The largest absolute Gasteiger partial charge is 0.385 e. The number of aromatic nitrogens is 3. The molecule has 1 atom stereocenters. The zero-order valence-corrected chi connectivity index (χ0v) is 12.7. The number of para-hydroxylation sites is 1. The summed E-state index contributed by atoms with van der Waals surface area (Å²) in [7, 11) is 1.71. The van der Waals surface area contributed by atoms with E-state index in [1.807, 2.05) is 42.5 Å². The van der Waals surface area contributed by atoms with Gasteiger partial charge in [0.2, 0.25) is 0 Å². The number of nitrogens with zero attached hydrogens (tertiary/aromatic N) is 4. The summed E-state index contributed by atoms with van der Waals surface area (Å²) in [6.45, 7) is 0. The van der Waals surface area contributed by atoms with Gasteiger partial charge in [0.05, 0.1) is 11.4 Å². The van der Waals surface area contributed by atoms with Crippen LogP contribution in [-0.4, -0.2) is 26.0 Å². The van der Waals surface area contributed by atoms with Crippen LogP contribution < -0.4 is 8.49 Å². The highest BCUT2D eigenvalue weighted by Gasteiger charge is 2.12.